The van der Waals surface area contributed by atoms with E-state index in [0.29, 0.717) is 0 Å². The van der Waals surface area contributed by atoms with Crippen LogP contribution in [0.2, 0.25) is 0 Å². The number of rotatable bonds is 4. The van der Waals surface area contributed by atoms with Gasteiger partial charge in [0, 0.05) is 31.6 Å². The first-order chi connectivity index (χ1) is 8.59. The summed E-state index contributed by atoms with van der Waals surface area (Å²) in [6.07, 6.45) is 3.69. The molecule has 2 rings (SSSR count). The monoisotopic (exact) mass is 249 g/mol. The normalized spacial score (nSPS) is 18.3. The number of nitrogens with one attached hydrogen (secondary N) is 1. The predicted molar refractivity (Wildman–Crippen MR) is 69.4 cm³/mol. The van der Waals surface area contributed by atoms with E-state index in [1.165, 1.54) is 0 Å². The largest absolute Gasteiger partial charge is 0.384 e. The lowest BCUT2D eigenvalue weighted by Crippen LogP contribution is -2.33. The van der Waals surface area contributed by atoms with Crippen LogP contribution in [0.1, 0.15) is 30.3 Å². The first kappa shape index (κ1) is 12.8. The average molecular weight is 249 g/mol. The topological polar surface area (TPSA) is 77.2 Å². The zero-order valence-corrected chi connectivity index (χ0v) is 10.6. The number of hydrogen-bond donors (Lipinski definition) is 2. The van der Waals surface area contributed by atoms with Crippen molar-refractivity contribution in [2.24, 2.45) is 11.1 Å². The van der Waals surface area contributed by atoms with Crippen molar-refractivity contribution in [2.75, 3.05) is 25.1 Å². The van der Waals surface area contributed by atoms with Gasteiger partial charge in [0.25, 0.3) is 5.91 Å². The SMILES string of the molecule is CC1(CNc2ccnc(C(N)=O)c2)CCOCC1. The molecule has 0 bridgehead atoms. The Balaban J connectivity index is 1.97. The summed E-state index contributed by atoms with van der Waals surface area (Å²) in [5.41, 5.74) is 6.62. The van der Waals surface area contributed by atoms with Crippen molar-refractivity contribution in [3.63, 3.8) is 0 Å². The van der Waals surface area contributed by atoms with Gasteiger partial charge in [0.15, 0.2) is 0 Å². The Bertz CT molecular complexity index is 428. The third-order valence-electron chi connectivity index (χ3n) is 3.43. The number of ether oxygens (including phenoxy) is 1. The molecule has 0 aromatic carbocycles. The number of carbonyl (C=O) groups is 1. The number of anilines is 1. The van der Waals surface area contributed by atoms with Crippen LogP contribution in [-0.2, 0) is 4.74 Å². The Morgan fingerprint density at radius 2 is 2.28 bits per heavy atom. The number of pyridine rings is 1. The van der Waals surface area contributed by atoms with E-state index in [-0.39, 0.29) is 11.1 Å². The molecule has 0 unspecified atom stereocenters. The van der Waals surface area contributed by atoms with Crippen LogP contribution in [-0.4, -0.2) is 30.6 Å². The lowest BCUT2D eigenvalue weighted by Gasteiger charge is -2.33. The summed E-state index contributed by atoms with van der Waals surface area (Å²) in [6.45, 7) is 4.75. The van der Waals surface area contributed by atoms with Crippen LogP contribution in [0.15, 0.2) is 18.3 Å². The van der Waals surface area contributed by atoms with E-state index in [9.17, 15) is 4.79 Å². The van der Waals surface area contributed by atoms with Gasteiger partial charge in [0.05, 0.1) is 0 Å². The molecule has 1 amide bonds. The van der Waals surface area contributed by atoms with Crippen LogP contribution in [0, 0.1) is 5.41 Å². The third kappa shape index (κ3) is 3.20. The first-order valence-electron chi connectivity index (χ1n) is 6.17. The Kier molecular flexibility index (Phi) is 3.81. The Hall–Kier alpha value is -1.62. The Labute approximate surface area is 107 Å². The number of nitrogens with two attached hydrogens (primary N) is 1. The predicted octanol–water partition coefficient (Wildman–Crippen LogP) is 1.41. The quantitative estimate of drug-likeness (QED) is 0.845. The molecule has 98 valence electrons. The summed E-state index contributed by atoms with van der Waals surface area (Å²) in [7, 11) is 0. The van der Waals surface area contributed by atoms with Crippen molar-refractivity contribution in [1.82, 2.24) is 4.98 Å². The summed E-state index contributed by atoms with van der Waals surface area (Å²) in [5.74, 6) is -0.504. The standard InChI is InChI=1S/C13H19N3O2/c1-13(3-6-18-7-4-13)9-16-10-2-5-15-11(8-10)12(14)17/h2,5,8H,3-4,6-7,9H2,1H3,(H2,14,17)(H,15,16). The maximum Gasteiger partial charge on any atom is 0.267 e. The van der Waals surface area contributed by atoms with Crippen LogP contribution < -0.4 is 11.1 Å². The van der Waals surface area contributed by atoms with Gasteiger partial charge in [-0.05, 0) is 30.4 Å². The van der Waals surface area contributed by atoms with Crippen molar-refractivity contribution in [3.05, 3.63) is 24.0 Å². The van der Waals surface area contributed by atoms with E-state index in [1.807, 2.05) is 6.07 Å². The zero-order valence-electron chi connectivity index (χ0n) is 10.6. The second kappa shape index (κ2) is 5.35. The lowest BCUT2D eigenvalue weighted by atomic mass is 9.82. The minimum absolute atomic E-state index is 0.244. The molecular formula is C13H19N3O2. The molecule has 0 radical (unpaired) electrons. The summed E-state index contributed by atoms with van der Waals surface area (Å²) in [6, 6.07) is 3.53. The van der Waals surface area contributed by atoms with Gasteiger partial charge < -0.3 is 15.8 Å². The van der Waals surface area contributed by atoms with Gasteiger partial charge in [-0.1, -0.05) is 6.92 Å². The number of nitrogens with zero attached hydrogens (tertiary/aromatic N) is 1. The van der Waals surface area contributed by atoms with Crippen LogP contribution in [0.25, 0.3) is 0 Å². The van der Waals surface area contributed by atoms with E-state index >= 15 is 0 Å². The number of amides is 1. The third-order valence-corrected chi connectivity index (χ3v) is 3.43. The maximum absolute atomic E-state index is 11.0. The number of carbonyl (C=O) groups excluding carboxylic acids is 1. The fraction of sp³-hybridized carbons (Fsp3) is 0.538. The van der Waals surface area contributed by atoms with Crippen LogP contribution >= 0.6 is 0 Å². The molecule has 2 heterocycles. The molecular weight excluding hydrogens is 230 g/mol. The highest BCUT2D eigenvalue weighted by Crippen LogP contribution is 2.29. The molecule has 0 aliphatic carbocycles. The van der Waals surface area contributed by atoms with Crippen molar-refractivity contribution in [3.8, 4) is 0 Å². The van der Waals surface area contributed by atoms with Crippen molar-refractivity contribution < 1.29 is 9.53 Å². The molecule has 1 aromatic rings. The summed E-state index contributed by atoms with van der Waals surface area (Å²) in [4.78, 5) is 15.0. The van der Waals surface area contributed by atoms with E-state index in [4.69, 9.17) is 10.5 Å². The smallest absolute Gasteiger partial charge is 0.267 e. The van der Waals surface area contributed by atoms with E-state index < -0.39 is 5.91 Å². The molecule has 1 aliphatic rings. The van der Waals surface area contributed by atoms with Gasteiger partial charge in [0.1, 0.15) is 5.69 Å². The second-order valence-corrected chi connectivity index (χ2v) is 5.07. The lowest BCUT2D eigenvalue weighted by molar-refractivity contribution is 0.0300. The molecule has 3 N–H and O–H groups in total. The van der Waals surface area contributed by atoms with Gasteiger partial charge in [-0.2, -0.15) is 0 Å². The van der Waals surface area contributed by atoms with Crippen LogP contribution in [0.3, 0.4) is 0 Å². The summed E-state index contributed by atoms with van der Waals surface area (Å²) < 4.78 is 5.37. The summed E-state index contributed by atoms with van der Waals surface area (Å²) in [5, 5.41) is 3.35. The molecule has 5 heteroatoms. The van der Waals surface area contributed by atoms with Crippen molar-refractivity contribution in [2.45, 2.75) is 19.8 Å². The molecule has 18 heavy (non-hydrogen) atoms. The fourth-order valence-electron chi connectivity index (χ4n) is 2.03. The molecule has 5 nitrogen and oxygen atoms in total. The minimum atomic E-state index is -0.504. The Morgan fingerprint density at radius 1 is 1.56 bits per heavy atom. The molecule has 1 aliphatic heterocycles. The van der Waals surface area contributed by atoms with Crippen molar-refractivity contribution >= 4 is 11.6 Å². The van der Waals surface area contributed by atoms with E-state index in [1.54, 1.807) is 12.3 Å². The van der Waals surface area contributed by atoms with Crippen molar-refractivity contribution in [1.29, 1.82) is 0 Å². The second-order valence-electron chi connectivity index (χ2n) is 5.07. The Morgan fingerprint density at radius 3 is 2.94 bits per heavy atom. The number of aromatic nitrogens is 1. The molecule has 0 spiro atoms. The highest BCUT2D eigenvalue weighted by molar-refractivity contribution is 5.91. The molecule has 1 saturated heterocycles. The van der Waals surface area contributed by atoms with Gasteiger partial charge >= 0.3 is 0 Å². The van der Waals surface area contributed by atoms with Crippen LogP contribution in [0.5, 0.6) is 0 Å². The maximum atomic E-state index is 11.0. The summed E-state index contributed by atoms with van der Waals surface area (Å²) >= 11 is 0. The molecule has 0 saturated carbocycles. The highest BCUT2D eigenvalue weighted by atomic mass is 16.5. The van der Waals surface area contributed by atoms with Gasteiger partial charge in [0.2, 0.25) is 0 Å². The first-order valence-corrected chi connectivity index (χ1v) is 6.17. The van der Waals surface area contributed by atoms with E-state index in [0.717, 1.165) is 38.3 Å². The molecule has 0 atom stereocenters. The van der Waals surface area contributed by atoms with Gasteiger partial charge in [-0.3, -0.25) is 9.78 Å². The molecule has 1 aromatic heterocycles. The van der Waals surface area contributed by atoms with E-state index in [2.05, 4.69) is 17.2 Å². The zero-order chi connectivity index (χ0) is 13.0. The highest BCUT2D eigenvalue weighted by Gasteiger charge is 2.26. The number of primary amides is 1. The number of hydrogen-bond acceptors (Lipinski definition) is 4. The fourth-order valence-corrected chi connectivity index (χ4v) is 2.03. The van der Waals surface area contributed by atoms with Gasteiger partial charge in [-0.15, -0.1) is 0 Å². The minimum Gasteiger partial charge on any atom is -0.384 e. The molecule has 1 fully saturated rings. The van der Waals surface area contributed by atoms with Gasteiger partial charge in [-0.25, -0.2) is 0 Å². The average Bonchev–Trinajstić information content (AvgIpc) is 2.38. The van der Waals surface area contributed by atoms with Crippen LogP contribution in [0.4, 0.5) is 5.69 Å².